The molecule has 1 aromatic carbocycles. The molecule has 18 heavy (non-hydrogen) atoms. The summed E-state index contributed by atoms with van der Waals surface area (Å²) in [5, 5.41) is 2.47. The van der Waals surface area contributed by atoms with Gasteiger partial charge in [0.25, 0.3) is 0 Å². The van der Waals surface area contributed by atoms with Crippen LogP contribution in [0.3, 0.4) is 0 Å². The average molecular weight is 259 g/mol. The van der Waals surface area contributed by atoms with Crippen LogP contribution in [0.15, 0.2) is 24.3 Å². The fourth-order valence-corrected chi connectivity index (χ4v) is 1.80. The smallest absolute Gasteiger partial charge is 0.303 e. The monoisotopic (exact) mass is 259 g/mol. The molecule has 1 aromatic rings. The van der Waals surface area contributed by atoms with Crippen molar-refractivity contribution in [1.29, 1.82) is 0 Å². The van der Waals surface area contributed by atoms with Crippen LogP contribution in [0.1, 0.15) is 44.9 Å². The molecule has 1 nitrogen and oxygen atoms in total. The van der Waals surface area contributed by atoms with E-state index in [0.717, 1.165) is 5.56 Å². The van der Waals surface area contributed by atoms with Gasteiger partial charge in [0, 0.05) is 0 Å². The Bertz CT molecular complexity index is 374. The van der Waals surface area contributed by atoms with Gasteiger partial charge in [-0.3, -0.25) is 0 Å². The van der Waals surface area contributed by atoms with Crippen LogP contribution >= 0.6 is 0 Å². The van der Waals surface area contributed by atoms with Crippen molar-refractivity contribution in [2.75, 3.05) is 6.54 Å². The van der Waals surface area contributed by atoms with Crippen molar-refractivity contribution in [1.82, 2.24) is 5.32 Å². The minimum Gasteiger partial charge on any atom is -0.303 e. The second-order valence-corrected chi connectivity index (χ2v) is 5.40. The van der Waals surface area contributed by atoms with Gasteiger partial charge in [-0.05, 0) is 23.1 Å². The second-order valence-electron chi connectivity index (χ2n) is 5.40. The lowest BCUT2D eigenvalue weighted by atomic mass is 9.86. The van der Waals surface area contributed by atoms with E-state index in [0.29, 0.717) is 0 Å². The molecule has 0 aliphatic heterocycles. The Morgan fingerprint density at radius 3 is 1.89 bits per heavy atom. The van der Waals surface area contributed by atoms with Crippen LogP contribution < -0.4 is 5.32 Å². The number of alkyl halides is 3. The van der Waals surface area contributed by atoms with Gasteiger partial charge in [-0.1, -0.05) is 52.0 Å². The van der Waals surface area contributed by atoms with Crippen molar-refractivity contribution in [2.45, 2.75) is 45.3 Å². The molecule has 1 unspecified atom stereocenters. The largest absolute Gasteiger partial charge is 0.407 e. The lowest BCUT2D eigenvalue weighted by molar-refractivity contribution is -0.157. The molecule has 4 heteroatoms. The van der Waals surface area contributed by atoms with E-state index >= 15 is 0 Å². The molecule has 0 saturated carbocycles. The average Bonchev–Trinajstić information content (AvgIpc) is 2.23. The van der Waals surface area contributed by atoms with Gasteiger partial charge in [0.05, 0.1) is 0 Å². The molecule has 1 N–H and O–H groups in total. The molecule has 102 valence electrons. The van der Waals surface area contributed by atoms with Crippen molar-refractivity contribution in [3.8, 4) is 0 Å². The first-order valence-corrected chi connectivity index (χ1v) is 6.06. The van der Waals surface area contributed by atoms with Crippen LogP contribution in [0.5, 0.6) is 0 Å². The predicted octanol–water partition coefficient (Wildman–Crippen LogP) is 4.20. The summed E-state index contributed by atoms with van der Waals surface area (Å²) in [6.07, 6.45) is -4.26. The molecular weight excluding hydrogens is 239 g/mol. The van der Waals surface area contributed by atoms with Gasteiger partial charge in [0.2, 0.25) is 0 Å². The molecule has 0 aromatic heterocycles. The Hall–Kier alpha value is -1.03. The molecule has 0 fully saturated rings. The highest BCUT2D eigenvalue weighted by Gasteiger charge is 2.40. The van der Waals surface area contributed by atoms with Gasteiger partial charge >= 0.3 is 6.18 Å². The third kappa shape index (κ3) is 3.73. The summed E-state index contributed by atoms with van der Waals surface area (Å²) in [5.41, 5.74) is 1.24. The SMILES string of the molecule is CCNC(c1ccc(C(C)(C)C)cc1)C(F)(F)F. The van der Waals surface area contributed by atoms with E-state index in [-0.39, 0.29) is 17.5 Å². The Balaban J connectivity index is 3.02. The zero-order valence-corrected chi connectivity index (χ0v) is 11.2. The lowest BCUT2D eigenvalue weighted by Crippen LogP contribution is -2.34. The Labute approximate surface area is 106 Å². The predicted molar refractivity (Wildman–Crippen MR) is 67.6 cm³/mol. The van der Waals surface area contributed by atoms with Crippen LogP contribution in [0.25, 0.3) is 0 Å². The summed E-state index contributed by atoms with van der Waals surface area (Å²) in [5.74, 6) is 0. The topological polar surface area (TPSA) is 12.0 Å². The summed E-state index contributed by atoms with van der Waals surface area (Å²) in [4.78, 5) is 0. The number of hydrogen-bond donors (Lipinski definition) is 1. The van der Waals surface area contributed by atoms with E-state index in [2.05, 4.69) is 5.32 Å². The quantitative estimate of drug-likeness (QED) is 0.858. The summed E-state index contributed by atoms with van der Waals surface area (Å²) in [6, 6.07) is 5.07. The standard InChI is InChI=1S/C14H20F3N/c1-5-18-12(14(15,16)17)10-6-8-11(9-7-10)13(2,3)4/h6-9,12,18H,5H2,1-4H3. The van der Waals surface area contributed by atoms with E-state index in [9.17, 15) is 13.2 Å². The molecule has 0 bridgehead atoms. The van der Waals surface area contributed by atoms with Crippen molar-refractivity contribution in [2.24, 2.45) is 0 Å². The summed E-state index contributed by atoms with van der Waals surface area (Å²) in [6.45, 7) is 8.06. The first-order chi connectivity index (χ1) is 8.16. The van der Waals surface area contributed by atoms with Crippen LogP contribution in [0.2, 0.25) is 0 Å². The second kappa shape index (κ2) is 5.31. The Morgan fingerprint density at radius 2 is 1.56 bits per heavy atom. The van der Waals surface area contributed by atoms with Crippen molar-refractivity contribution in [3.05, 3.63) is 35.4 Å². The number of nitrogens with one attached hydrogen (secondary N) is 1. The zero-order valence-electron chi connectivity index (χ0n) is 11.2. The molecule has 0 aliphatic carbocycles. The molecule has 0 aliphatic rings. The Kier molecular flexibility index (Phi) is 4.43. The molecule has 0 amide bonds. The number of hydrogen-bond acceptors (Lipinski definition) is 1. The van der Waals surface area contributed by atoms with Crippen LogP contribution in [-0.2, 0) is 5.41 Å². The van der Waals surface area contributed by atoms with Crippen LogP contribution in [0, 0.1) is 0 Å². The number of rotatable bonds is 3. The zero-order chi connectivity index (χ0) is 14.0. The molecule has 0 radical (unpaired) electrons. The van der Waals surface area contributed by atoms with Gasteiger partial charge < -0.3 is 5.32 Å². The van der Waals surface area contributed by atoms with Crippen molar-refractivity contribution in [3.63, 3.8) is 0 Å². The van der Waals surface area contributed by atoms with E-state index in [1.807, 2.05) is 20.8 Å². The van der Waals surface area contributed by atoms with Gasteiger partial charge in [0.15, 0.2) is 0 Å². The Morgan fingerprint density at radius 1 is 1.06 bits per heavy atom. The number of halogens is 3. The molecule has 1 rings (SSSR count). The maximum atomic E-state index is 12.9. The normalized spacial score (nSPS) is 14.6. The van der Waals surface area contributed by atoms with Crippen molar-refractivity contribution >= 4 is 0 Å². The molecule has 0 saturated heterocycles. The summed E-state index contributed by atoms with van der Waals surface area (Å²) in [7, 11) is 0. The van der Waals surface area contributed by atoms with Crippen LogP contribution in [0.4, 0.5) is 13.2 Å². The first kappa shape index (κ1) is 15.0. The van der Waals surface area contributed by atoms with Gasteiger partial charge in [-0.25, -0.2) is 0 Å². The van der Waals surface area contributed by atoms with Crippen molar-refractivity contribution < 1.29 is 13.2 Å². The minimum absolute atomic E-state index is 0.0511. The third-order valence-corrected chi connectivity index (χ3v) is 2.85. The molecule has 1 atom stereocenters. The van der Waals surface area contributed by atoms with E-state index < -0.39 is 12.2 Å². The maximum absolute atomic E-state index is 12.9. The fourth-order valence-electron chi connectivity index (χ4n) is 1.80. The van der Waals surface area contributed by atoms with Gasteiger partial charge in [0.1, 0.15) is 6.04 Å². The highest BCUT2D eigenvalue weighted by molar-refractivity contribution is 5.29. The molecule has 0 spiro atoms. The van der Waals surface area contributed by atoms with E-state index in [1.54, 1.807) is 31.2 Å². The molecular formula is C14H20F3N. The summed E-state index contributed by atoms with van der Waals surface area (Å²) < 4.78 is 38.6. The highest BCUT2D eigenvalue weighted by atomic mass is 19.4. The lowest BCUT2D eigenvalue weighted by Gasteiger charge is -2.23. The van der Waals surface area contributed by atoms with E-state index in [1.165, 1.54) is 0 Å². The maximum Gasteiger partial charge on any atom is 0.407 e. The first-order valence-electron chi connectivity index (χ1n) is 6.06. The van der Waals surface area contributed by atoms with E-state index in [4.69, 9.17) is 0 Å². The highest BCUT2D eigenvalue weighted by Crippen LogP contribution is 2.33. The molecule has 0 heterocycles. The van der Waals surface area contributed by atoms with Crippen LogP contribution in [-0.4, -0.2) is 12.7 Å². The van der Waals surface area contributed by atoms with Gasteiger partial charge in [-0.15, -0.1) is 0 Å². The third-order valence-electron chi connectivity index (χ3n) is 2.85. The fraction of sp³-hybridized carbons (Fsp3) is 0.571. The van der Waals surface area contributed by atoms with Gasteiger partial charge in [-0.2, -0.15) is 13.2 Å². The minimum atomic E-state index is -4.26. The number of benzene rings is 1. The summed E-state index contributed by atoms with van der Waals surface area (Å²) >= 11 is 0.